The molecule has 4 nitrogen and oxygen atoms in total. The minimum Gasteiger partial charge on any atom is -0.326 e. The van der Waals surface area contributed by atoms with Gasteiger partial charge in [0.2, 0.25) is 11.8 Å². The van der Waals surface area contributed by atoms with Crippen molar-refractivity contribution in [3.8, 4) is 0 Å². The summed E-state index contributed by atoms with van der Waals surface area (Å²) in [5.74, 6) is -0.0592. The topological polar surface area (TPSA) is 58.2 Å². The number of halogens is 1. The first kappa shape index (κ1) is 17.0. The van der Waals surface area contributed by atoms with Gasteiger partial charge in [-0.25, -0.2) is 4.39 Å². The van der Waals surface area contributed by atoms with Crippen molar-refractivity contribution in [2.24, 2.45) is 0 Å². The van der Waals surface area contributed by atoms with Crippen LogP contribution in [-0.4, -0.2) is 17.6 Å². The van der Waals surface area contributed by atoms with Crippen molar-refractivity contribution in [2.75, 3.05) is 16.4 Å². The van der Waals surface area contributed by atoms with E-state index in [1.165, 1.54) is 24.8 Å². The molecule has 0 saturated carbocycles. The van der Waals surface area contributed by atoms with Crippen LogP contribution in [0, 0.1) is 5.82 Å². The van der Waals surface area contributed by atoms with Gasteiger partial charge in [0.15, 0.2) is 0 Å². The third-order valence-corrected chi connectivity index (χ3v) is 3.96. The number of hydrogen-bond acceptors (Lipinski definition) is 3. The quantitative estimate of drug-likeness (QED) is 0.789. The van der Waals surface area contributed by atoms with Crippen molar-refractivity contribution < 1.29 is 14.0 Å². The number of rotatable bonds is 6. The van der Waals surface area contributed by atoms with Gasteiger partial charge in [-0.3, -0.25) is 9.59 Å². The largest absolute Gasteiger partial charge is 0.326 e. The van der Waals surface area contributed by atoms with Gasteiger partial charge in [0, 0.05) is 35.4 Å². The fourth-order valence-electron chi connectivity index (χ4n) is 1.88. The van der Waals surface area contributed by atoms with Crippen LogP contribution < -0.4 is 10.6 Å². The van der Waals surface area contributed by atoms with Crippen molar-refractivity contribution in [1.82, 2.24) is 0 Å². The lowest BCUT2D eigenvalue weighted by Crippen LogP contribution is -2.12. The summed E-state index contributed by atoms with van der Waals surface area (Å²) in [6.45, 7) is 1.43. The Kier molecular flexibility index (Phi) is 6.17. The smallest absolute Gasteiger partial charge is 0.225 e. The molecule has 120 valence electrons. The van der Waals surface area contributed by atoms with E-state index in [-0.39, 0.29) is 24.1 Å². The van der Waals surface area contributed by atoms with Crippen molar-refractivity contribution in [3.05, 3.63) is 54.3 Å². The van der Waals surface area contributed by atoms with Gasteiger partial charge in [-0.1, -0.05) is 12.1 Å². The van der Waals surface area contributed by atoms with Gasteiger partial charge < -0.3 is 10.6 Å². The molecule has 0 aliphatic carbocycles. The zero-order chi connectivity index (χ0) is 16.7. The first-order valence-corrected chi connectivity index (χ1v) is 8.08. The molecule has 2 amide bonds. The Morgan fingerprint density at radius 1 is 1.00 bits per heavy atom. The number of amides is 2. The molecule has 0 heterocycles. The highest BCUT2D eigenvalue weighted by molar-refractivity contribution is 7.99. The van der Waals surface area contributed by atoms with Crippen molar-refractivity contribution >= 4 is 35.0 Å². The van der Waals surface area contributed by atoms with E-state index in [2.05, 4.69) is 10.6 Å². The SMILES string of the molecule is CC(=O)Nc1ccc(NC(=O)CCSc2ccccc2F)cc1. The van der Waals surface area contributed by atoms with E-state index in [0.717, 1.165) is 0 Å². The first-order chi connectivity index (χ1) is 11.0. The van der Waals surface area contributed by atoms with E-state index < -0.39 is 0 Å². The molecule has 0 unspecified atom stereocenters. The Morgan fingerprint density at radius 2 is 1.61 bits per heavy atom. The zero-order valence-electron chi connectivity index (χ0n) is 12.6. The van der Waals surface area contributed by atoms with Crippen LogP contribution in [0.5, 0.6) is 0 Å². The highest BCUT2D eigenvalue weighted by atomic mass is 32.2. The molecule has 2 aromatic carbocycles. The van der Waals surface area contributed by atoms with Crippen LogP contribution in [0.3, 0.4) is 0 Å². The Labute approximate surface area is 138 Å². The Balaban J connectivity index is 1.78. The summed E-state index contributed by atoms with van der Waals surface area (Å²) >= 11 is 1.31. The van der Waals surface area contributed by atoms with Gasteiger partial charge in [-0.15, -0.1) is 11.8 Å². The second kappa shape index (κ2) is 8.33. The van der Waals surface area contributed by atoms with Gasteiger partial charge in [-0.05, 0) is 36.4 Å². The van der Waals surface area contributed by atoms with Crippen LogP contribution in [0.15, 0.2) is 53.4 Å². The first-order valence-electron chi connectivity index (χ1n) is 7.09. The predicted octanol–water partition coefficient (Wildman–Crippen LogP) is 3.91. The molecule has 0 aliphatic heterocycles. The second-order valence-electron chi connectivity index (χ2n) is 4.84. The average molecular weight is 332 g/mol. The van der Waals surface area contributed by atoms with Crippen LogP contribution in [0.2, 0.25) is 0 Å². The van der Waals surface area contributed by atoms with Crippen LogP contribution in [0.1, 0.15) is 13.3 Å². The molecule has 2 rings (SSSR count). The minimum absolute atomic E-state index is 0.138. The highest BCUT2D eigenvalue weighted by Crippen LogP contribution is 2.22. The molecule has 0 aromatic heterocycles. The van der Waals surface area contributed by atoms with Gasteiger partial charge in [-0.2, -0.15) is 0 Å². The number of thioether (sulfide) groups is 1. The number of nitrogens with one attached hydrogen (secondary N) is 2. The molecule has 0 atom stereocenters. The number of hydrogen-bond donors (Lipinski definition) is 2. The lowest BCUT2D eigenvalue weighted by molar-refractivity contribution is -0.116. The minimum atomic E-state index is -0.272. The van der Waals surface area contributed by atoms with E-state index in [0.29, 0.717) is 22.0 Å². The molecule has 2 N–H and O–H groups in total. The molecule has 0 spiro atoms. The number of anilines is 2. The van der Waals surface area contributed by atoms with Crippen LogP contribution in [-0.2, 0) is 9.59 Å². The molecule has 6 heteroatoms. The molecule has 0 bridgehead atoms. The summed E-state index contributed by atoms with van der Waals surface area (Å²) in [5, 5.41) is 5.42. The average Bonchev–Trinajstić information content (AvgIpc) is 2.51. The van der Waals surface area contributed by atoms with Gasteiger partial charge >= 0.3 is 0 Å². The predicted molar refractivity (Wildman–Crippen MR) is 91.1 cm³/mol. The fourth-order valence-corrected chi connectivity index (χ4v) is 2.77. The highest BCUT2D eigenvalue weighted by Gasteiger charge is 2.05. The maximum absolute atomic E-state index is 13.4. The van der Waals surface area contributed by atoms with Gasteiger partial charge in [0.05, 0.1) is 0 Å². The Bertz CT molecular complexity index is 689. The summed E-state index contributed by atoms with van der Waals surface area (Å²) in [7, 11) is 0. The number of carbonyl (C=O) groups excluding carboxylic acids is 2. The maximum atomic E-state index is 13.4. The number of benzene rings is 2. The fraction of sp³-hybridized carbons (Fsp3) is 0.176. The summed E-state index contributed by atoms with van der Waals surface area (Å²) in [6, 6.07) is 13.4. The molecule has 0 radical (unpaired) electrons. The molecular weight excluding hydrogens is 315 g/mol. The maximum Gasteiger partial charge on any atom is 0.225 e. The van der Waals surface area contributed by atoms with E-state index in [1.54, 1.807) is 42.5 Å². The third kappa shape index (κ3) is 5.75. The summed E-state index contributed by atoms with van der Waals surface area (Å²) < 4.78 is 13.4. The van der Waals surface area contributed by atoms with Crippen molar-refractivity contribution in [2.45, 2.75) is 18.2 Å². The van der Waals surface area contributed by atoms with E-state index in [4.69, 9.17) is 0 Å². The lowest BCUT2D eigenvalue weighted by atomic mass is 10.2. The van der Waals surface area contributed by atoms with Gasteiger partial charge in [0.25, 0.3) is 0 Å². The summed E-state index contributed by atoms with van der Waals surface area (Å²) in [4.78, 5) is 23.3. The van der Waals surface area contributed by atoms with Crippen LogP contribution in [0.4, 0.5) is 15.8 Å². The monoisotopic (exact) mass is 332 g/mol. The van der Waals surface area contributed by atoms with Gasteiger partial charge in [0.1, 0.15) is 5.82 Å². The molecule has 0 saturated heterocycles. The molecular formula is C17H17FN2O2S. The molecule has 23 heavy (non-hydrogen) atoms. The molecule has 0 fully saturated rings. The van der Waals surface area contributed by atoms with E-state index in [1.807, 2.05) is 0 Å². The zero-order valence-corrected chi connectivity index (χ0v) is 13.5. The van der Waals surface area contributed by atoms with Crippen molar-refractivity contribution in [1.29, 1.82) is 0 Å². The summed E-state index contributed by atoms with van der Waals surface area (Å²) in [6.07, 6.45) is 0.284. The van der Waals surface area contributed by atoms with E-state index in [9.17, 15) is 14.0 Å². The molecule has 0 aliphatic rings. The van der Waals surface area contributed by atoms with Crippen molar-refractivity contribution in [3.63, 3.8) is 0 Å². The van der Waals surface area contributed by atoms with E-state index >= 15 is 0 Å². The molecule has 2 aromatic rings. The number of carbonyl (C=O) groups is 2. The Hall–Kier alpha value is -2.34. The third-order valence-electron chi connectivity index (χ3n) is 2.91. The lowest BCUT2D eigenvalue weighted by Gasteiger charge is -2.07. The second-order valence-corrected chi connectivity index (χ2v) is 5.97. The van der Waals surface area contributed by atoms with Crippen LogP contribution in [0.25, 0.3) is 0 Å². The summed E-state index contributed by atoms with van der Waals surface area (Å²) in [5.41, 5.74) is 1.32. The van der Waals surface area contributed by atoms with Crippen LogP contribution >= 0.6 is 11.8 Å². The Morgan fingerprint density at radius 3 is 2.22 bits per heavy atom. The normalized spacial score (nSPS) is 10.2. The standard InChI is InChI=1S/C17H17FN2O2S/c1-12(21)19-13-6-8-14(9-7-13)20-17(22)10-11-23-16-5-3-2-4-15(16)18/h2-9H,10-11H2,1H3,(H,19,21)(H,20,22).